The molecule has 1 N–H and O–H groups in total. The summed E-state index contributed by atoms with van der Waals surface area (Å²) in [5.74, 6) is 0. The molecule has 1 nitrogen and oxygen atoms in total. The van der Waals surface area contributed by atoms with Gasteiger partial charge in [0.1, 0.15) is 0 Å². The summed E-state index contributed by atoms with van der Waals surface area (Å²) in [6, 6.07) is 9.45. The van der Waals surface area contributed by atoms with E-state index in [0.717, 1.165) is 20.3 Å². The number of halogens is 2. The van der Waals surface area contributed by atoms with Gasteiger partial charge in [-0.05, 0) is 31.9 Å². The van der Waals surface area contributed by atoms with Crippen LogP contribution < -0.4 is 0 Å². The number of hydrogen-bond donors (Lipinski definition) is 1. The van der Waals surface area contributed by atoms with E-state index in [1.807, 2.05) is 22.7 Å². The van der Waals surface area contributed by atoms with Crippen LogP contribution in [0, 0.1) is 0 Å². The molecule has 5 heteroatoms. The van der Waals surface area contributed by atoms with Crippen molar-refractivity contribution >= 4 is 54.5 Å². The Hall–Kier alpha value is -0.620. The van der Waals surface area contributed by atoms with Crippen LogP contribution in [0.15, 0.2) is 33.2 Å². The van der Waals surface area contributed by atoms with Gasteiger partial charge >= 0.3 is 0 Å². The maximum atomic E-state index is 3.93. The molecule has 0 spiro atoms. The number of nitrogens with one attached hydrogen (secondary N) is 1. The minimum atomic E-state index is 0.0871. The van der Waals surface area contributed by atoms with Gasteiger partial charge in [0.2, 0.25) is 42.2 Å². The van der Waals surface area contributed by atoms with E-state index < -0.39 is 0 Å². The lowest BCUT2D eigenvalue weighted by molar-refractivity contribution is 0.593. The number of rotatable bonds is 2. The fourth-order valence-electron chi connectivity index (χ4n) is 3.62. The van der Waals surface area contributed by atoms with Crippen molar-refractivity contribution in [3.05, 3.63) is 52.7 Å². The van der Waals surface area contributed by atoms with Gasteiger partial charge in [-0.3, -0.25) is 0 Å². The first-order valence-corrected chi connectivity index (χ1v) is 15.5. The van der Waals surface area contributed by atoms with Crippen molar-refractivity contribution in [3.63, 3.8) is 0 Å². The Balaban J connectivity index is 2.29. The van der Waals surface area contributed by atoms with E-state index in [2.05, 4.69) is 144 Å². The highest BCUT2D eigenvalue weighted by molar-refractivity contribution is 9.13. The minimum Gasteiger partial charge on any atom is -0.353 e. The molecule has 0 bridgehead atoms. The Kier molecular flexibility index (Phi) is 7.94. The van der Waals surface area contributed by atoms with Gasteiger partial charge in [0, 0.05) is 57.1 Å². The zero-order valence-electron chi connectivity index (χ0n) is 23.4. The number of aromatic amines is 1. The first kappa shape index (κ1) is 28.9. The molecule has 0 aliphatic carbocycles. The predicted molar refractivity (Wildman–Crippen MR) is 166 cm³/mol. The van der Waals surface area contributed by atoms with Crippen molar-refractivity contribution < 1.29 is 0 Å². The third-order valence-electron chi connectivity index (χ3n) is 6.00. The third kappa shape index (κ3) is 6.45. The zero-order valence-corrected chi connectivity index (χ0v) is 28.2. The van der Waals surface area contributed by atoms with Crippen molar-refractivity contribution in [2.24, 2.45) is 0 Å². The molecule has 35 heavy (non-hydrogen) atoms. The molecule has 0 radical (unpaired) electrons. The average Bonchev–Trinajstić information content (AvgIpc) is 2.99. The minimum absolute atomic E-state index is 0.0871. The molecule has 3 rings (SSSR count). The quantitative estimate of drug-likeness (QED) is 0.269. The number of H-pyrrole nitrogens is 1. The summed E-state index contributed by atoms with van der Waals surface area (Å²) in [6.45, 7) is 27.6. The predicted octanol–water partition coefficient (Wildman–Crippen LogP) is 11.7. The van der Waals surface area contributed by atoms with E-state index in [-0.39, 0.29) is 21.7 Å². The molecule has 0 saturated carbocycles. The third-order valence-corrected chi connectivity index (χ3v) is 11.9. The number of hydrogen-bond acceptors (Lipinski definition) is 0. The molecule has 0 saturated heterocycles. The zero-order chi connectivity index (χ0) is 26.7. The van der Waals surface area contributed by atoms with Crippen molar-refractivity contribution in [3.8, 4) is 22.5 Å². The van der Waals surface area contributed by atoms with Gasteiger partial charge in [-0.25, -0.2) is 0 Å². The second-order valence-corrected chi connectivity index (χ2v) is 17.4. The first-order valence-electron chi connectivity index (χ1n) is 12.3. The number of aromatic nitrogens is 1. The molecule has 0 atom stereocenters. The Morgan fingerprint density at radius 2 is 0.714 bits per heavy atom. The van der Waals surface area contributed by atoms with Crippen LogP contribution in [0.3, 0.4) is 0 Å². The van der Waals surface area contributed by atoms with Gasteiger partial charge < -0.3 is 4.98 Å². The second kappa shape index (κ2) is 9.60. The maximum absolute atomic E-state index is 3.93. The summed E-state index contributed by atoms with van der Waals surface area (Å²) in [5, 5.41) is 0. The van der Waals surface area contributed by atoms with E-state index in [0.29, 0.717) is 0 Å². The molecular weight excluding hydrogens is 598 g/mol. The second-order valence-electron chi connectivity index (χ2n) is 13.7. The molecule has 190 valence electrons. The molecule has 0 amide bonds. The van der Waals surface area contributed by atoms with Crippen molar-refractivity contribution in [1.29, 1.82) is 0 Å². The lowest BCUT2D eigenvalue weighted by Gasteiger charge is -2.16. The summed E-state index contributed by atoms with van der Waals surface area (Å²) < 4.78 is 2.15. The maximum Gasteiger partial charge on any atom is 0.219 e. The van der Waals surface area contributed by atoms with Crippen LogP contribution in [0.25, 0.3) is 22.5 Å². The fourth-order valence-corrected chi connectivity index (χ4v) is 7.12. The summed E-state index contributed by atoms with van der Waals surface area (Å²) in [7, 11) is 0. The van der Waals surface area contributed by atoms with E-state index in [1.54, 1.807) is 0 Å². The summed E-state index contributed by atoms with van der Waals surface area (Å²) in [6.07, 6.45) is 0. The van der Waals surface area contributed by atoms with Gasteiger partial charge in [0.15, 0.2) is 0 Å². The van der Waals surface area contributed by atoms with E-state index in [1.165, 1.54) is 30.6 Å². The van der Waals surface area contributed by atoms with Crippen molar-refractivity contribution in [2.75, 3.05) is 0 Å². The molecule has 0 aliphatic heterocycles. The summed E-state index contributed by atoms with van der Waals surface area (Å²) >= 11 is 11.7. The Labute approximate surface area is 238 Å². The molecule has 3 aromatic heterocycles. The lowest BCUT2D eigenvalue weighted by Crippen LogP contribution is -2.14. The fraction of sp³-hybridized carbons (Fsp3) is 0.533. The monoisotopic (exact) mass is 637 g/mol. The molecular formula is C30H41Br2NS2+2. The van der Waals surface area contributed by atoms with Crippen LogP contribution in [0.2, 0.25) is 0 Å². The highest BCUT2D eigenvalue weighted by Gasteiger charge is 2.35. The Morgan fingerprint density at radius 3 is 0.914 bits per heavy atom. The van der Waals surface area contributed by atoms with Crippen LogP contribution in [-0.2, 0) is 21.7 Å². The van der Waals surface area contributed by atoms with Gasteiger partial charge in [-0.15, -0.1) is 0 Å². The molecule has 3 heterocycles. The van der Waals surface area contributed by atoms with Crippen molar-refractivity contribution in [1.82, 2.24) is 4.98 Å². The van der Waals surface area contributed by atoms with Crippen LogP contribution in [0.5, 0.6) is 0 Å². The molecule has 0 aromatic carbocycles. The van der Waals surface area contributed by atoms with E-state index in [9.17, 15) is 0 Å². The van der Waals surface area contributed by atoms with Crippen LogP contribution in [-0.4, -0.2) is 4.98 Å². The Bertz CT molecular complexity index is 1080. The van der Waals surface area contributed by atoms with Gasteiger partial charge in [-0.1, -0.05) is 83.1 Å². The van der Waals surface area contributed by atoms with Gasteiger partial charge in [-0.2, -0.15) is 0 Å². The summed E-state index contributed by atoms with van der Waals surface area (Å²) in [4.78, 5) is 9.39. The van der Waals surface area contributed by atoms with Crippen LogP contribution >= 0.6 is 54.5 Å². The van der Waals surface area contributed by atoms with Crippen LogP contribution in [0.1, 0.15) is 103 Å². The molecule has 3 aromatic rings. The standard InChI is InChI=1S/C30H41Br2NS2/c1-27(2,3)19-13-17(14-20(34-19)28(4,5)6)25-23(31)24(32)26(33-25)18-15-21(29(7,8)9)35-22(16-18)30(10,11)12/h13-16,33H,1-12H3/q+2. The van der Waals surface area contributed by atoms with Gasteiger partial charge in [0.05, 0.1) is 20.3 Å². The topological polar surface area (TPSA) is 15.8 Å². The lowest BCUT2D eigenvalue weighted by atomic mass is 9.91. The first-order chi connectivity index (χ1) is 15.7. The van der Waals surface area contributed by atoms with E-state index in [4.69, 9.17) is 0 Å². The highest BCUT2D eigenvalue weighted by Crippen LogP contribution is 2.46. The molecule has 0 fully saturated rings. The highest BCUT2D eigenvalue weighted by atomic mass is 79.9. The largest absolute Gasteiger partial charge is 0.353 e. The van der Waals surface area contributed by atoms with Crippen molar-refractivity contribution in [2.45, 2.75) is 105 Å². The molecule has 0 aliphatic rings. The normalized spacial score (nSPS) is 13.4. The molecule has 0 unspecified atom stereocenters. The Morgan fingerprint density at radius 1 is 0.486 bits per heavy atom. The average molecular weight is 640 g/mol. The summed E-state index contributed by atoms with van der Waals surface area (Å²) in [5.41, 5.74) is 5.05. The SMILES string of the molecule is CC(C)(C)c1cc(-c2[nH]c(-c3cc(C(C)(C)C)[s+]c(C(C)(C)C)c3)c(Br)c2Br)cc(C(C)(C)C)[s+]1. The van der Waals surface area contributed by atoms with E-state index >= 15 is 0 Å². The van der Waals surface area contributed by atoms with Gasteiger partial charge in [0.25, 0.3) is 0 Å². The smallest absolute Gasteiger partial charge is 0.219 e. The van der Waals surface area contributed by atoms with Crippen LogP contribution in [0.4, 0.5) is 0 Å².